The lowest BCUT2D eigenvalue weighted by Gasteiger charge is -2.36. The standard InChI is InChI=1S/C16H21N3O/c1-12-2-4-14(5-3-12)18-15(20)13-6-8-16(9-7-13)10-11-17-19-16/h2-5,11,13,19H,6-10H2,1H3,(H,18,20). The topological polar surface area (TPSA) is 53.5 Å². The van der Waals surface area contributed by atoms with Crippen LogP contribution >= 0.6 is 0 Å². The van der Waals surface area contributed by atoms with Gasteiger partial charge in [0.1, 0.15) is 0 Å². The highest BCUT2D eigenvalue weighted by atomic mass is 16.1. The lowest BCUT2D eigenvalue weighted by molar-refractivity contribution is -0.121. The molecule has 4 nitrogen and oxygen atoms in total. The normalized spacial score (nSPS) is 28.4. The minimum Gasteiger partial charge on any atom is -0.326 e. The summed E-state index contributed by atoms with van der Waals surface area (Å²) in [5, 5.41) is 7.16. The summed E-state index contributed by atoms with van der Waals surface area (Å²) in [7, 11) is 0. The van der Waals surface area contributed by atoms with Crippen LogP contribution in [0.2, 0.25) is 0 Å². The number of nitrogens with zero attached hydrogens (tertiary/aromatic N) is 1. The third-order valence-corrected chi connectivity index (χ3v) is 4.51. The number of hydrogen-bond donors (Lipinski definition) is 2. The van der Waals surface area contributed by atoms with Crippen molar-refractivity contribution in [3.63, 3.8) is 0 Å². The number of rotatable bonds is 2. The van der Waals surface area contributed by atoms with Crippen LogP contribution in [-0.4, -0.2) is 17.7 Å². The molecule has 0 radical (unpaired) electrons. The number of carbonyl (C=O) groups is 1. The van der Waals surface area contributed by atoms with E-state index in [-0.39, 0.29) is 17.4 Å². The van der Waals surface area contributed by atoms with Crippen molar-refractivity contribution in [2.45, 2.75) is 44.6 Å². The quantitative estimate of drug-likeness (QED) is 0.869. The maximum Gasteiger partial charge on any atom is 0.227 e. The average Bonchev–Trinajstić information content (AvgIpc) is 2.90. The van der Waals surface area contributed by atoms with Crippen molar-refractivity contribution in [3.8, 4) is 0 Å². The van der Waals surface area contributed by atoms with Crippen LogP contribution in [0.4, 0.5) is 5.69 Å². The molecule has 1 saturated carbocycles. The molecule has 0 unspecified atom stereocenters. The monoisotopic (exact) mass is 271 g/mol. The summed E-state index contributed by atoms with van der Waals surface area (Å²) in [6.07, 6.45) is 6.88. The fourth-order valence-corrected chi connectivity index (χ4v) is 3.08. The first-order chi connectivity index (χ1) is 9.67. The molecule has 1 spiro atoms. The molecule has 1 aliphatic heterocycles. The van der Waals surface area contributed by atoms with Gasteiger partial charge in [-0.05, 0) is 44.7 Å². The minimum atomic E-state index is 0.129. The number of aryl methyl sites for hydroxylation is 1. The van der Waals surface area contributed by atoms with Crippen molar-refractivity contribution in [2.24, 2.45) is 11.0 Å². The van der Waals surface area contributed by atoms with Crippen LogP contribution in [-0.2, 0) is 4.79 Å². The van der Waals surface area contributed by atoms with Crippen molar-refractivity contribution in [2.75, 3.05) is 5.32 Å². The lowest BCUT2D eigenvalue weighted by Crippen LogP contribution is -2.44. The molecule has 3 rings (SSSR count). The zero-order valence-electron chi connectivity index (χ0n) is 11.9. The molecule has 2 aliphatic rings. The van der Waals surface area contributed by atoms with Gasteiger partial charge in [-0.25, -0.2) is 0 Å². The predicted molar refractivity (Wildman–Crippen MR) is 80.7 cm³/mol. The molecule has 1 aromatic rings. The van der Waals surface area contributed by atoms with Gasteiger partial charge in [-0.1, -0.05) is 17.7 Å². The smallest absolute Gasteiger partial charge is 0.227 e. The Labute approximate surface area is 119 Å². The minimum absolute atomic E-state index is 0.129. The fraction of sp³-hybridized carbons (Fsp3) is 0.500. The summed E-state index contributed by atoms with van der Waals surface area (Å²) in [5.41, 5.74) is 5.46. The second kappa shape index (κ2) is 5.27. The molecule has 0 atom stereocenters. The largest absolute Gasteiger partial charge is 0.326 e. The van der Waals surface area contributed by atoms with Gasteiger partial charge in [-0.15, -0.1) is 0 Å². The van der Waals surface area contributed by atoms with Gasteiger partial charge in [0, 0.05) is 24.2 Å². The van der Waals surface area contributed by atoms with Gasteiger partial charge >= 0.3 is 0 Å². The molecule has 1 aromatic carbocycles. The molecule has 4 heteroatoms. The Morgan fingerprint density at radius 1 is 1.30 bits per heavy atom. The number of hydrogen-bond acceptors (Lipinski definition) is 3. The van der Waals surface area contributed by atoms with Gasteiger partial charge in [0.25, 0.3) is 0 Å². The highest BCUT2D eigenvalue weighted by Gasteiger charge is 2.38. The summed E-state index contributed by atoms with van der Waals surface area (Å²) >= 11 is 0. The first-order valence-electron chi connectivity index (χ1n) is 7.33. The van der Waals surface area contributed by atoms with Crippen LogP contribution in [0.5, 0.6) is 0 Å². The van der Waals surface area contributed by atoms with Crippen molar-refractivity contribution >= 4 is 17.8 Å². The Balaban J connectivity index is 1.55. The molecule has 1 aliphatic carbocycles. The Morgan fingerprint density at radius 3 is 2.60 bits per heavy atom. The van der Waals surface area contributed by atoms with Crippen LogP contribution < -0.4 is 10.7 Å². The van der Waals surface area contributed by atoms with Gasteiger partial charge in [0.2, 0.25) is 5.91 Å². The van der Waals surface area contributed by atoms with Gasteiger partial charge in [-0.3, -0.25) is 4.79 Å². The summed E-state index contributed by atoms with van der Waals surface area (Å²) in [5.74, 6) is 0.284. The molecule has 106 valence electrons. The van der Waals surface area contributed by atoms with Crippen molar-refractivity contribution in [3.05, 3.63) is 29.8 Å². The SMILES string of the molecule is Cc1ccc(NC(=O)C2CCC3(CC=NN3)CC2)cc1. The maximum atomic E-state index is 12.3. The van der Waals surface area contributed by atoms with Crippen LogP contribution in [0, 0.1) is 12.8 Å². The Bertz CT molecular complexity index is 503. The number of nitrogens with one attached hydrogen (secondary N) is 2. The van der Waals surface area contributed by atoms with E-state index in [1.807, 2.05) is 37.4 Å². The second-order valence-electron chi connectivity index (χ2n) is 6.04. The average molecular weight is 271 g/mol. The van der Waals surface area contributed by atoms with E-state index in [0.717, 1.165) is 37.8 Å². The van der Waals surface area contributed by atoms with Crippen molar-refractivity contribution in [1.29, 1.82) is 0 Å². The van der Waals surface area contributed by atoms with E-state index in [2.05, 4.69) is 15.8 Å². The third kappa shape index (κ3) is 2.69. The van der Waals surface area contributed by atoms with Gasteiger partial charge < -0.3 is 10.7 Å². The first-order valence-corrected chi connectivity index (χ1v) is 7.33. The van der Waals surface area contributed by atoms with E-state index in [4.69, 9.17) is 0 Å². The number of anilines is 1. The summed E-state index contributed by atoms with van der Waals surface area (Å²) in [6.45, 7) is 2.04. The van der Waals surface area contributed by atoms with Gasteiger partial charge in [-0.2, -0.15) is 5.10 Å². The zero-order valence-corrected chi connectivity index (χ0v) is 11.9. The number of carbonyl (C=O) groups excluding carboxylic acids is 1. The van der Waals surface area contributed by atoms with Crippen molar-refractivity contribution in [1.82, 2.24) is 5.43 Å². The zero-order chi connectivity index (χ0) is 14.0. The molecule has 20 heavy (non-hydrogen) atoms. The third-order valence-electron chi connectivity index (χ3n) is 4.51. The maximum absolute atomic E-state index is 12.3. The molecular formula is C16H21N3O. The number of benzene rings is 1. The van der Waals surface area contributed by atoms with Crippen LogP contribution in [0.15, 0.2) is 29.4 Å². The summed E-state index contributed by atoms with van der Waals surface area (Å²) in [6, 6.07) is 7.96. The summed E-state index contributed by atoms with van der Waals surface area (Å²) in [4.78, 5) is 12.3. The van der Waals surface area contributed by atoms with Crippen LogP contribution in [0.1, 0.15) is 37.7 Å². The Morgan fingerprint density at radius 2 is 2.00 bits per heavy atom. The second-order valence-corrected chi connectivity index (χ2v) is 6.04. The number of hydrazone groups is 1. The first kappa shape index (κ1) is 13.2. The molecule has 1 heterocycles. The summed E-state index contributed by atoms with van der Waals surface area (Å²) < 4.78 is 0. The van der Waals surface area contributed by atoms with Gasteiger partial charge in [0.15, 0.2) is 0 Å². The van der Waals surface area contributed by atoms with E-state index in [1.165, 1.54) is 5.56 Å². The van der Waals surface area contributed by atoms with Crippen LogP contribution in [0.25, 0.3) is 0 Å². The van der Waals surface area contributed by atoms with Gasteiger partial charge in [0.05, 0.1) is 5.54 Å². The number of amides is 1. The molecule has 1 fully saturated rings. The fourth-order valence-electron chi connectivity index (χ4n) is 3.08. The molecule has 0 bridgehead atoms. The highest BCUT2D eigenvalue weighted by molar-refractivity contribution is 5.92. The van der Waals surface area contributed by atoms with E-state index >= 15 is 0 Å². The molecule has 0 aromatic heterocycles. The molecule has 2 N–H and O–H groups in total. The molecular weight excluding hydrogens is 250 g/mol. The lowest BCUT2D eigenvalue weighted by atomic mass is 9.75. The molecule has 0 saturated heterocycles. The Kier molecular flexibility index (Phi) is 3.47. The Hall–Kier alpha value is -1.84. The van der Waals surface area contributed by atoms with E-state index in [1.54, 1.807) is 0 Å². The highest BCUT2D eigenvalue weighted by Crippen LogP contribution is 2.36. The van der Waals surface area contributed by atoms with Crippen molar-refractivity contribution < 1.29 is 4.79 Å². The van der Waals surface area contributed by atoms with Crippen LogP contribution in [0.3, 0.4) is 0 Å². The molecule has 1 amide bonds. The van der Waals surface area contributed by atoms with E-state index < -0.39 is 0 Å². The van der Waals surface area contributed by atoms with E-state index in [0.29, 0.717) is 0 Å². The predicted octanol–water partition coefficient (Wildman–Crippen LogP) is 2.84. The van der Waals surface area contributed by atoms with E-state index in [9.17, 15) is 4.79 Å².